The molecule has 0 bridgehead atoms. The third-order valence-electron chi connectivity index (χ3n) is 4.86. The Morgan fingerprint density at radius 2 is 1.73 bits per heavy atom. The van der Waals surface area contributed by atoms with E-state index in [9.17, 15) is 19.7 Å². The van der Waals surface area contributed by atoms with E-state index in [1.807, 2.05) is 31.7 Å². The maximum atomic E-state index is 12.3. The van der Waals surface area contributed by atoms with Gasteiger partial charge >= 0.3 is 6.09 Å². The second-order valence-electron chi connectivity index (χ2n) is 8.56. The molecule has 0 saturated carbocycles. The summed E-state index contributed by atoms with van der Waals surface area (Å²) in [5.74, 6) is 0.0209. The van der Waals surface area contributed by atoms with Crippen molar-refractivity contribution in [2.75, 3.05) is 43.0 Å². The number of nitrogens with one attached hydrogen (secondary N) is 1. The highest BCUT2D eigenvalue weighted by Gasteiger charge is 2.27. The Balaban J connectivity index is 1.64. The summed E-state index contributed by atoms with van der Waals surface area (Å²) in [4.78, 5) is 39.2. The highest BCUT2D eigenvalue weighted by molar-refractivity contribution is 5.94. The molecule has 0 unspecified atom stereocenters. The van der Waals surface area contributed by atoms with E-state index < -0.39 is 16.4 Å². The molecule has 0 aliphatic carbocycles. The molecule has 2 aromatic carbocycles. The number of amides is 2. The normalized spacial score (nSPS) is 13.9. The monoisotopic (exact) mass is 456 g/mol. The number of nitro groups is 1. The summed E-state index contributed by atoms with van der Waals surface area (Å²) in [7, 11) is 0. The number of benzene rings is 2. The number of hydrogen-bond donors (Lipinski definition) is 1. The Kier molecular flexibility index (Phi) is 7.37. The third-order valence-corrected chi connectivity index (χ3v) is 4.86. The lowest BCUT2D eigenvalue weighted by Crippen LogP contribution is -2.50. The fourth-order valence-corrected chi connectivity index (χ4v) is 3.31. The SMILES string of the molecule is CC(C)(C)OC(=O)N1CCN(c2ccc([N+](=O)[O-])c(NC(=O)COc3ccccc3)c2)CC1. The van der Waals surface area contributed by atoms with Crippen molar-refractivity contribution in [1.29, 1.82) is 0 Å². The first-order valence-electron chi connectivity index (χ1n) is 10.6. The lowest BCUT2D eigenvalue weighted by atomic mass is 10.2. The van der Waals surface area contributed by atoms with Gasteiger partial charge in [-0.15, -0.1) is 0 Å². The van der Waals surface area contributed by atoms with E-state index in [4.69, 9.17) is 9.47 Å². The molecule has 0 atom stereocenters. The van der Waals surface area contributed by atoms with Crippen molar-refractivity contribution < 1.29 is 24.0 Å². The van der Waals surface area contributed by atoms with Gasteiger partial charge < -0.3 is 24.6 Å². The molecule has 1 N–H and O–H groups in total. The van der Waals surface area contributed by atoms with Crippen molar-refractivity contribution in [2.24, 2.45) is 0 Å². The van der Waals surface area contributed by atoms with Crippen LogP contribution < -0.4 is 15.0 Å². The van der Waals surface area contributed by atoms with Crippen molar-refractivity contribution in [3.63, 3.8) is 0 Å². The molecule has 33 heavy (non-hydrogen) atoms. The quantitative estimate of drug-likeness (QED) is 0.521. The van der Waals surface area contributed by atoms with Crippen molar-refractivity contribution in [3.8, 4) is 5.75 Å². The van der Waals surface area contributed by atoms with Gasteiger partial charge in [0.2, 0.25) is 0 Å². The molecule has 0 radical (unpaired) electrons. The number of hydrogen-bond acceptors (Lipinski definition) is 7. The fourth-order valence-electron chi connectivity index (χ4n) is 3.31. The first kappa shape index (κ1) is 23.8. The van der Waals surface area contributed by atoms with Gasteiger partial charge in [0.05, 0.1) is 4.92 Å². The Hall–Kier alpha value is -3.82. The van der Waals surface area contributed by atoms with Crippen LogP contribution in [0.15, 0.2) is 48.5 Å². The van der Waals surface area contributed by atoms with Crippen LogP contribution >= 0.6 is 0 Å². The molecule has 3 rings (SSSR count). The van der Waals surface area contributed by atoms with Gasteiger partial charge in [-0.1, -0.05) is 18.2 Å². The Bertz CT molecular complexity index is 998. The van der Waals surface area contributed by atoms with Gasteiger partial charge in [0.1, 0.15) is 17.0 Å². The van der Waals surface area contributed by atoms with Gasteiger partial charge in [0, 0.05) is 37.9 Å². The minimum absolute atomic E-state index is 0.0914. The zero-order valence-electron chi connectivity index (χ0n) is 18.9. The highest BCUT2D eigenvalue weighted by Crippen LogP contribution is 2.30. The Labute approximate surface area is 192 Å². The third kappa shape index (κ3) is 6.83. The molecule has 10 heteroatoms. The molecule has 1 saturated heterocycles. The summed E-state index contributed by atoms with van der Waals surface area (Å²) in [6.07, 6.45) is -0.364. The molecule has 1 aliphatic rings. The molecule has 1 heterocycles. The zero-order chi connectivity index (χ0) is 24.0. The minimum Gasteiger partial charge on any atom is -0.484 e. The lowest BCUT2D eigenvalue weighted by Gasteiger charge is -2.36. The molecule has 1 fully saturated rings. The number of rotatable bonds is 6. The molecule has 10 nitrogen and oxygen atoms in total. The van der Waals surface area contributed by atoms with Crippen LogP contribution in [0.3, 0.4) is 0 Å². The van der Waals surface area contributed by atoms with Crippen LogP contribution in [0.25, 0.3) is 0 Å². The van der Waals surface area contributed by atoms with Crippen LogP contribution in [0, 0.1) is 10.1 Å². The van der Waals surface area contributed by atoms with Gasteiger partial charge in [-0.05, 0) is 45.0 Å². The second-order valence-corrected chi connectivity index (χ2v) is 8.56. The summed E-state index contributed by atoms with van der Waals surface area (Å²) in [6.45, 7) is 7.15. The molecule has 0 spiro atoms. The van der Waals surface area contributed by atoms with Crippen molar-refractivity contribution in [2.45, 2.75) is 26.4 Å². The van der Waals surface area contributed by atoms with Gasteiger partial charge in [-0.3, -0.25) is 14.9 Å². The van der Waals surface area contributed by atoms with Crippen LogP contribution in [-0.4, -0.2) is 60.2 Å². The van der Waals surface area contributed by atoms with E-state index in [0.29, 0.717) is 37.6 Å². The van der Waals surface area contributed by atoms with Crippen LogP contribution in [0.5, 0.6) is 5.75 Å². The van der Waals surface area contributed by atoms with Gasteiger partial charge in [0.25, 0.3) is 11.6 Å². The van der Waals surface area contributed by atoms with E-state index in [-0.39, 0.29) is 24.1 Å². The molecule has 176 valence electrons. The Morgan fingerprint density at radius 3 is 2.33 bits per heavy atom. The lowest BCUT2D eigenvalue weighted by molar-refractivity contribution is -0.383. The average Bonchev–Trinajstić information content (AvgIpc) is 2.77. The summed E-state index contributed by atoms with van der Waals surface area (Å²) in [6, 6.07) is 13.4. The largest absolute Gasteiger partial charge is 0.484 e. The van der Waals surface area contributed by atoms with Crippen LogP contribution in [0.4, 0.5) is 21.9 Å². The van der Waals surface area contributed by atoms with Gasteiger partial charge in [-0.25, -0.2) is 4.79 Å². The maximum Gasteiger partial charge on any atom is 0.410 e. The maximum absolute atomic E-state index is 12.3. The molecule has 2 aromatic rings. The summed E-state index contributed by atoms with van der Waals surface area (Å²) < 4.78 is 10.8. The van der Waals surface area contributed by atoms with Crippen LogP contribution in [0.1, 0.15) is 20.8 Å². The fraction of sp³-hybridized carbons (Fsp3) is 0.391. The zero-order valence-corrected chi connectivity index (χ0v) is 18.9. The number of ether oxygens (including phenoxy) is 2. The highest BCUT2D eigenvalue weighted by atomic mass is 16.6. The summed E-state index contributed by atoms with van der Waals surface area (Å²) >= 11 is 0. The average molecular weight is 456 g/mol. The number of nitro benzene ring substituents is 1. The van der Waals surface area contributed by atoms with Gasteiger partial charge in [-0.2, -0.15) is 0 Å². The summed E-state index contributed by atoms with van der Waals surface area (Å²) in [5, 5.41) is 14.0. The van der Waals surface area contributed by atoms with E-state index in [0.717, 1.165) is 0 Å². The number of carbonyl (C=O) groups is 2. The number of carbonyl (C=O) groups excluding carboxylic acids is 2. The second kappa shape index (κ2) is 10.2. The molecule has 0 aromatic heterocycles. The minimum atomic E-state index is -0.566. The smallest absolute Gasteiger partial charge is 0.410 e. The van der Waals surface area contributed by atoms with Crippen molar-refractivity contribution in [1.82, 2.24) is 4.90 Å². The molecular formula is C23H28N4O6. The van der Waals surface area contributed by atoms with E-state index in [2.05, 4.69) is 5.32 Å². The van der Waals surface area contributed by atoms with Crippen LogP contribution in [0.2, 0.25) is 0 Å². The molecule has 2 amide bonds. The van der Waals surface area contributed by atoms with Gasteiger partial charge in [0.15, 0.2) is 6.61 Å². The number of piperazine rings is 1. The molecule has 1 aliphatic heterocycles. The predicted molar refractivity (Wildman–Crippen MR) is 124 cm³/mol. The first-order valence-corrected chi connectivity index (χ1v) is 10.6. The Morgan fingerprint density at radius 1 is 1.06 bits per heavy atom. The van der Waals surface area contributed by atoms with E-state index >= 15 is 0 Å². The number of anilines is 2. The number of nitrogens with zero attached hydrogens (tertiary/aromatic N) is 3. The van der Waals surface area contributed by atoms with E-state index in [1.54, 1.807) is 41.3 Å². The standard InChI is InChI=1S/C23H28N4O6/c1-23(2,3)33-22(29)26-13-11-25(12-14-26)17-9-10-20(27(30)31)19(15-17)24-21(28)16-32-18-7-5-4-6-8-18/h4-10,15H,11-14,16H2,1-3H3,(H,24,28). The topological polar surface area (TPSA) is 114 Å². The van der Waals surface area contributed by atoms with Crippen molar-refractivity contribution >= 4 is 29.1 Å². The number of para-hydroxylation sites is 1. The van der Waals surface area contributed by atoms with Crippen molar-refractivity contribution in [3.05, 3.63) is 58.6 Å². The molecular weight excluding hydrogens is 428 g/mol. The first-order chi connectivity index (χ1) is 15.6. The van der Waals surface area contributed by atoms with Crippen LogP contribution in [-0.2, 0) is 9.53 Å². The summed E-state index contributed by atoms with van der Waals surface area (Å²) in [5.41, 5.74) is 0.0286. The van der Waals surface area contributed by atoms with E-state index in [1.165, 1.54) is 6.07 Å². The predicted octanol–water partition coefficient (Wildman–Crippen LogP) is 3.67.